The fourth-order valence-electron chi connectivity index (χ4n) is 3.61. The fraction of sp³-hybridized carbons (Fsp3) is 0.320. The van der Waals surface area contributed by atoms with Gasteiger partial charge in [-0.3, -0.25) is 4.79 Å². The molecule has 0 fully saturated rings. The van der Waals surface area contributed by atoms with Crippen LogP contribution in [-0.2, 0) is 11.2 Å². The zero-order valence-electron chi connectivity index (χ0n) is 16.9. The van der Waals surface area contributed by atoms with Crippen molar-refractivity contribution in [2.75, 3.05) is 7.11 Å². The van der Waals surface area contributed by atoms with Crippen LogP contribution in [0.3, 0.4) is 0 Å². The van der Waals surface area contributed by atoms with Gasteiger partial charge in [0.25, 0.3) is 0 Å². The minimum Gasteiger partial charge on any atom is -0.497 e. The van der Waals surface area contributed by atoms with Crippen LogP contribution in [0.1, 0.15) is 43.9 Å². The zero-order chi connectivity index (χ0) is 19.9. The Balaban J connectivity index is 1.67. The summed E-state index contributed by atoms with van der Waals surface area (Å²) >= 11 is 0. The Morgan fingerprint density at radius 2 is 1.68 bits per heavy atom. The van der Waals surface area contributed by atoms with Crippen LogP contribution in [0.4, 0.5) is 0 Å². The lowest BCUT2D eigenvalue weighted by atomic mass is 9.96. The molecule has 3 aromatic carbocycles. The van der Waals surface area contributed by atoms with Gasteiger partial charge in [-0.05, 0) is 52.8 Å². The second kappa shape index (κ2) is 9.41. The third-order valence-electron chi connectivity index (χ3n) is 5.06. The SMILES string of the molecule is COc1ccc(C(CC(C)C)NC(=O)CCc2cccc3ccccc23)cc1. The average molecular weight is 376 g/mol. The zero-order valence-corrected chi connectivity index (χ0v) is 16.9. The highest BCUT2D eigenvalue weighted by atomic mass is 16.5. The number of hydrogen-bond acceptors (Lipinski definition) is 2. The third-order valence-corrected chi connectivity index (χ3v) is 5.06. The minimum atomic E-state index is 0.0194. The predicted octanol–water partition coefficient (Wildman–Crippen LogP) is 5.68. The highest BCUT2D eigenvalue weighted by molar-refractivity contribution is 5.86. The second-order valence-electron chi connectivity index (χ2n) is 7.66. The van der Waals surface area contributed by atoms with E-state index in [2.05, 4.69) is 49.5 Å². The van der Waals surface area contributed by atoms with Crippen molar-refractivity contribution in [1.82, 2.24) is 5.32 Å². The monoisotopic (exact) mass is 375 g/mol. The Morgan fingerprint density at radius 1 is 0.964 bits per heavy atom. The molecule has 1 atom stereocenters. The molecule has 3 heteroatoms. The average Bonchev–Trinajstić information content (AvgIpc) is 2.71. The molecule has 3 nitrogen and oxygen atoms in total. The predicted molar refractivity (Wildman–Crippen MR) is 116 cm³/mol. The fourth-order valence-corrected chi connectivity index (χ4v) is 3.61. The molecular weight excluding hydrogens is 346 g/mol. The Bertz CT molecular complexity index is 910. The normalized spacial score (nSPS) is 12.1. The summed E-state index contributed by atoms with van der Waals surface area (Å²) in [5, 5.41) is 5.69. The van der Waals surface area contributed by atoms with Crippen LogP contribution >= 0.6 is 0 Å². The molecule has 0 saturated heterocycles. The maximum atomic E-state index is 12.7. The minimum absolute atomic E-state index is 0.0194. The number of carbonyl (C=O) groups excluding carboxylic acids is 1. The lowest BCUT2D eigenvalue weighted by Gasteiger charge is -2.21. The summed E-state index contributed by atoms with van der Waals surface area (Å²) in [5.74, 6) is 1.41. The van der Waals surface area contributed by atoms with E-state index in [4.69, 9.17) is 4.74 Å². The molecule has 0 aliphatic rings. The van der Waals surface area contributed by atoms with E-state index in [1.807, 2.05) is 36.4 Å². The van der Waals surface area contributed by atoms with Gasteiger partial charge in [0, 0.05) is 6.42 Å². The highest BCUT2D eigenvalue weighted by Gasteiger charge is 2.16. The number of hydrogen-bond donors (Lipinski definition) is 1. The van der Waals surface area contributed by atoms with Gasteiger partial charge in [-0.2, -0.15) is 0 Å². The van der Waals surface area contributed by atoms with Crippen LogP contribution in [-0.4, -0.2) is 13.0 Å². The van der Waals surface area contributed by atoms with Gasteiger partial charge in [-0.15, -0.1) is 0 Å². The lowest BCUT2D eigenvalue weighted by molar-refractivity contribution is -0.121. The first kappa shape index (κ1) is 19.9. The summed E-state index contributed by atoms with van der Waals surface area (Å²) in [6, 6.07) is 22.6. The van der Waals surface area contributed by atoms with E-state index in [1.165, 1.54) is 16.3 Å². The number of fused-ring (bicyclic) bond motifs is 1. The number of carbonyl (C=O) groups is 1. The Hall–Kier alpha value is -2.81. The Morgan fingerprint density at radius 3 is 2.39 bits per heavy atom. The number of aryl methyl sites for hydroxylation is 1. The van der Waals surface area contributed by atoms with Crippen molar-refractivity contribution >= 4 is 16.7 Å². The number of nitrogens with one attached hydrogen (secondary N) is 1. The van der Waals surface area contributed by atoms with Gasteiger partial charge in [-0.25, -0.2) is 0 Å². The van der Waals surface area contributed by atoms with Gasteiger partial charge in [0.15, 0.2) is 0 Å². The smallest absolute Gasteiger partial charge is 0.220 e. The molecule has 28 heavy (non-hydrogen) atoms. The molecule has 0 bridgehead atoms. The molecule has 146 valence electrons. The first-order valence-corrected chi connectivity index (χ1v) is 9.96. The largest absolute Gasteiger partial charge is 0.497 e. The third kappa shape index (κ3) is 5.13. The van der Waals surface area contributed by atoms with Gasteiger partial charge in [0.05, 0.1) is 13.2 Å². The second-order valence-corrected chi connectivity index (χ2v) is 7.66. The summed E-state index contributed by atoms with van der Waals surface area (Å²) in [6.07, 6.45) is 2.13. The van der Waals surface area contributed by atoms with Crippen LogP contribution in [0.5, 0.6) is 5.75 Å². The number of amides is 1. The van der Waals surface area contributed by atoms with E-state index in [0.29, 0.717) is 12.3 Å². The van der Waals surface area contributed by atoms with E-state index >= 15 is 0 Å². The molecule has 3 rings (SSSR count). The van der Waals surface area contributed by atoms with Crippen molar-refractivity contribution in [3.05, 3.63) is 77.9 Å². The number of methoxy groups -OCH3 is 1. The maximum absolute atomic E-state index is 12.7. The molecule has 0 aliphatic carbocycles. The summed E-state index contributed by atoms with van der Waals surface area (Å²) < 4.78 is 5.25. The Kier molecular flexibility index (Phi) is 6.70. The topological polar surface area (TPSA) is 38.3 Å². The van der Waals surface area contributed by atoms with Crippen LogP contribution < -0.4 is 10.1 Å². The molecule has 1 N–H and O–H groups in total. The molecule has 0 spiro atoms. The van der Waals surface area contributed by atoms with Crippen LogP contribution in [0.25, 0.3) is 10.8 Å². The van der Waals surface area contributed by atoms with Crippen molar-refractivity contribution in [3.8, 4) is 5.75 Å². The van der Waals surface area contributed by atoms with Crippen molar-refractivity contribution in [2.24, 2.45) is 5.92 Å². The van der Waals surface area contributed by atoms with Gasteiger partial charge < -0.3 is 10.1 Å². The molecule has 3 aromatic rings. The molecule has 0 heterocycles. The maximum Gasteiger partial charge on any atom is 0.220 e. The molecule has 0 radical (unpaired) electrons. The van der Waals surface area contributed by atoms with Crippen LogP contribution in [0.2, 0.25) is 0 Å². The summed E-state index contributed by atoms with van der Waals surface area (Å²) in [5.41, 5.74) is 2.34. The molecule has 1 amide bonds. The van der Waals surface area contributed by atoms with Gasteiger partial charge in [0.1, 0.15) is 5.75 Å². The lowest BCUT2D eigenvalue weighted by Crippen LogP contribution is -2.29. The van der Waals surface area contributed by atoms with Crippen LogP contribution in [0, 0.1) is 5.92 Å². The number of benzene rings is 3. The molecule has 0 aliphatic heterocycles. The molecule has 0 aromatic heterocycles. The first-order chi connectivity index (χ1) is 13.6. The highest BCUT2D eigenvalue weighted by Crippen LogP contribution is 2.24. The van der Waals surface area contributed by atoms with Gasteiger partial charge in [0.2, 0.25) is 5.91 Å². The Labute approximate surface area is 167 Å². The van der Waals surface area contributed by atoms with Crippen molar-refractivity contribution in [3.63, 3.8) is 0 Å². The standard InChI is InChI=1S/C25H29NO2/c1-18(2)17-24(21-11-14-22(28-3)15-12-21)26-25(27)16-13-20-9-6-8-19-7-4-5-10-23(19)20/h4-12,14-15,18,24H,13,16-17H2,1-3H3,(H,26,27). The molecular formula is C25H29NO2. The molecule has 1 unspecified atom stereocenters. The van der Waals surface area contributed by atoms with Gasteiger partial charge >= 0.3 is 0 Å². The van der Waals surface area contributed by atoms with E-state index in [0.717, 1.165) is 24.2 Å². The van der Waals surface area contributed by atoms with E-state index < -0.39 is 0 Å². The van der Waals surface area contributed by atoms with Crippen molar-refractivity contribution in [2.45, 2.75) is 39.2 Å². The van der Waals surface area contributed by atoms with Gasteiger partial charge in [-0.1, -0.05) is 68.4 Å². The van der Waals surface area contributed by atoms with E-state index in [-0.39, 0.29) is 11.9 Å². The summed E-state index contributed by atoms with van der Waals surface area (Å²) in [7, 11) is 1.66. The first-order valence-electron chi connectivity index (χ1n) is 9.96. The number of ether oxygens (including phenoxy) is 1. The van der Waals surface area contributed by atoms with Crippen molar-refractivity contribution < 1.29 is 9.53 Å². The quantitative estimate of drug-likeness (QED) is 0.550. The number of rotatable bonds is 8. The molecule has 0 saturated carbocycles. The van der Waals surface area contributed by atoms with E-state index in [9.17, 15) is 4.79 Å². The van der Waals surface area contributed by atoms with E-state index in [1.54, 1.807) is 7.11 Å². The summed E-state index contributed by atoms with van der Waals surface area (Å²) in [6.45, 7) is 4.36. The van der Waals surface area contributed by atoms with Crippen LogP contribution in [0.15, 0.2) is 66.7 Å². The van der Waals surface area contributed by atoms with Crippen molar-refractivity contribution in [1.29, 1.82) is 0 Å². The summed E-state index contributed by atoms with van der Waals surface area (Å²) in [4.78, 5) is 12.7.